The van der Waals surface area contributed by atoms with Gasteiger partial charge in [0.2, 0.25) is 5.91 Å². The predicted molar refractivity (Wildman–Crippen MR) is 60.9 cm³/mol. The number of urea groups is 1. The van der Waals surface area contributed by atoms with Crippen LogP contribution in [0.2, 0.25) is 0 Å². The number of hydrogen-bond acceptors (Lipinski definition) is 3. The Morgan fingerprint density at radius 2 is 2.06 bits per heavy atom. The highest BCUT2D eigenvalue weighted by Crippen LogP contribution is 2.00. The van der Waals surface area contributed by atoms with E-state index in [1.54, 1.807) is 13.8 Å². The fourth-order valence-corrected chi connectivity index (χ4v) is 1.07. The molecular formula is C10H16ClN3O2. The van der Waals surface area contributed by atoms with E-state index in [0.29, 0.717) is 13.1 Å². The molecule has 0 saturated heterocycles. The van der Waals surface area contributed by atoms with E-state index >= 15 is 0 Å². The van der Waals surface area contributed by atoms with E-state index in [0.717, 1.165) is 0 Å². The lowest BCUT2D eigenvalue weighted by atomic mass is 10.2. The summed E-state index contributed by atoms with van der Waals surface area (Å²) in [6, 6.07) is 1.52. The maximum atomic E-state index is 11.6. The molecule has 5 nitrogen and oxygen atoms in total. The van der Waals surface area contributed by atoms with E-state index in [9.17, 15) is 9.59 Å². The second kappa shape index (κ2) is 7.07. The number of halogens is 1. The van der Waals surface area contributed by atoms with Gasteiger partial charge in [-0.25, -0.2) is 4.79 Å². The van der Waals surface area contributed by atoms with Gasteiger partial charge in [-0.2, -0.15) is 5.26 Å². The van der Waals surface area contributed by atoms with E-state index in [-0.39, 0.29) is 5.92 Å². The van der Waals surface area contributed by atoms with E-state index in [1.165, 1.54) is 11.8 Å². The highest BCUT2D eigenvalue weighted by molar-refractivity contribution is 6.31. The maximum Gasteiger partial charge on any atom is 0.324 e. The molecule has 0 aromatic rings. The second-order valence-electron chi connectivity index (χ2n) is 3.48. The number of nitrogens with zero attached hydrogens (tertiary/aromatic N) is 2. The van der Waals surface area contributed by atoms with Crippen molar-refractivity contribution < 1.29 is 9.59 Å². The first-order valence-electron chi connectivity index (χ1n) is 5.05. The number of nitriles is 1. The summed E-state index contributed by atoms with van der Waals surface area (Å²) in [5.41, 5.74) is 0. The number of rotatable bonds is 4. The molecule has 0 spiro atoms. The molecule has 0 radical (unpaired) electrons. The van der Waals surface area contributed by atoms with Crippen LogP contribution in [0.4, 0.5) is 4.79 Å². The van der Waals surface area contributed by atoms with Crippen LogP contribution in [0.1, 0.15) is 20.8 Å². The van der Waals surface area contributed by atoms with Crippen LogP contribution >= 0.6 is 11.6 Å². The Hall–Kier alpha value is -1.28. The van der Waals surface area contributed by atoms with Crippen LogP contribution in [-0.4, -0.2) is 35.3 Å². The largest absolute Gasteiger partial charge is 0.324 e. The second-order valence-corrected chi connectivity index (χ2v) is 4.13. The van der Waals surface area contributed by atoms with Crippen molar-refractivity contribution in [1.82, 2.24) is 10.2 Å². The monoisotopic (exact) mass is 245 g/mol. The van der Waals surface area contributed by atoms with E-state index < -0.39 is 17.3 Å². The zero-order valence-corrected chi connectivity index (χ0v) is 10.4. The highest BCUT2D eigenvalue weighted by Gasteiger charge is 2.19. The third-order valence-electron chi connectivity index (χ3n) is 1.97. The number of alkyl halides is 1. The van der Waals surface area contributed by atoms with Crippen LogP contribution in [0.25, 0.3) is 0 Å². The molecule has 0 aliphatic heterocycles. The summed E-state index contributed by atoms with van der Waals surface area (Å²) < 4.78 is 0. The smallest absolute Gasteiger partial charge is 0.323 e. The van der Waals surface area contributed by atoms with Crippen molar-refractivity contribution in [2.24, 2.45) is 5.92 Å². The normalized spacial score (nSPS) is 13.4. The number of amides is 3. The van der Waals surface area contributed by atoms with Gasteiger partial charge in [0, 0.05) is 13.1 Å². The molecule has 2 atom stereocenters. The minimum Gasteiger partial charge on any atom is -0.323 e. The molecule has 0 aromatic carbocycles. The third kappa shape index (κ3) is 4.99. The molecule has 0 rings (SSSR count). The molecule has 0 aliphatic rings. The average Bonchev–Trinajstić information content (AvgIpc) is 2.24. The molecule has 1 N–H and O–H groups in total. The fraction of sp³-hybridized carbons (Fsp3) is 0.700. The van der Waals surface area contributed by atoms with Gasteiger partial charge in [0.15, 0.2) is 0 Å². The minimum absolute atomic E-state index is 0.269. The van der Waals surface area contributed by atoms with Gasteiger partial charge < -0.3 is 4.90 Å². The van der Waals surface area contributed by atoms with Crippen molar-refractivity contribution >= 4 is 23.5 Å². The quantitative estimate of drug-likeness (QED) is 0.760. The van der Waals surface area contributed by atoms with Crippen LogP contribution < -0.4 is 5.32 Å². The Labute approximate surface area is 100 Å². The first kappa shape index (κ1) is 14.7. The molecule has 16 heavy (non-hydrogen) atoms. The lowest BCUT2D eigenvalue weighted by Gasteiger charge is -2.22. The van der Waals surface area contributed by atoms with Gasteiger partial charge >= 0.3 is 6.03 Å². The summed E-state index contributed by atoms with van der Waals surface area (Å²) in [5.74, 6) is -0.802. The first-order valence-corrected chi connectivity index (χ1v) is 5.49. The Bertz CT molecular complexity index is 299. The van der Waals surface area contributed by atoms with E-state index in [4.69, 9.17) is 16.9 Å². The fourth-order valence-electron chi connectivity index (χ4n) is 1.01. The number of imide groups is 1. The summed E-state index contributed by atoms with van der Waals surface area (Å²) in [7, 11) is 0. The van der Waals surface area contributed by atoms with Crippen molar-refractivity contribution in [3.63, 3.8) is 0 Å². The molecule has 0 fully saturated rings. The van der Waals surface area contributed by atoms with Gasteiger partial charge in [-0.1, -0.05) is 0 Å². The molecule has 0 aromatic heterocycles. The SMILES string of the molecule is CCN(CC(C)C#N)C(=O)NC(=O)C(C)Cl. The average molecular weight is 246 g/mol. The summed E-state index contributed by atoms with van der Waals surface area (Å²) in [6.07, 6.45) is 0. The van der Waals surface area contributed by atoms with Crippen molar-refractivity contribution in [1.29, 1.82) is 5.26 Å². The zero-order valence-electron chi connectivity index (χ0n) is 9.66. The third-order valence-corrected chi connectivity index (χ3v) is 2.17. The van der Waals surface area contributed by atoms with Crippen LogP contribution in [0, 0.1) is 17.2 Å². The molecule has 6 heteroatoms. The Kier molecular flexibility index (Phi) is 6.50. The van der Waals surface area contributed by atoms with Gasteiger partial charge in [0.05, 0.1) is 12.0 Å². The van der Waals surface area contributed by atoms with E-state index in [2.05, 4.69) is 5.32 Å². The number of nitrogens with one attached hydrogen (secondary N) is 1. The zero-order chi connectivity index (χ0) is 12.7. The lowest BCUT2D eigenvalue weighted by Crippen LogP contribution is -2.46. The highest BCUT2D eigenvalue weighted by atomic mass is 35.5. The molecule has 3 amide bonds. The van der Waals surface area contributed by atoms with Gasteiger partial charge in [-0.05, 0) is 20.8 Å². The number of carbonyl (C=O) groups excluding carboxylic acids is 2. The van der Waals surface area contributed by atoms with Gasteiger partial charge in [-0.15, -0.1) is 11.6 Å². The van der Waals surface area contributed by atoms with Crippen LogP contribution in [0.15, 0.2) is 0 Å². The summed E-state index contributed by atoms with van der Waals surface area (Å²) in [6.45, 7) is 5.70. The molecule has 0 aliphatic carbocycles. The maximum absolute atomic E-state index is 11.6. The van der Waals surface area contributed by atoms with Crippen LogP contribution in [-0.2, 0) is 4.79 Å². The van der Waals surface area contributed by atoms with Crippen molar-refractivity contribution in [3.05, 3.63) is 0 Å². The van der Waals surface area contributed by atoms with Crippen molar-refractivity contribution in [3.8, 4) is 6.07 Å². The van der Waals surface area contributed by atoms with Crippen LogP contribution in [0.5, 0.6) is 0 Å². The molecule has 90 valence electrons. The van der Waals surface area contributed by atoms with Crippen molar-refractivity contribution in [2.75, 3.05) is 13.1 Å². The molecule has 0 saturated carbocycles. The number of carbonyl (C=O) groups is 2. The Morgan fingerprint density at radius 1 is 1.50 bits per heavy atom. The summed E-state index contributed by atoms with van der Waals surface area (Å²) in [5, 5.41) is 10.0. The lowest BCUT2D eigenvalue weighted by molar-refractivity contribution is -0.119. The van der Waals surface area contributed by atoms with E-state index in [1.807, 2.05) is 6.07 Å². The Morgan fingerprint density at radius 3 is 2.44 bits per heavy atom. The predicted octanol–water partition coefficient (Wildman–Crippen LogP) is 1.33. The molecule has 2 unspecified atom stereocenters. The molecular weight excluding hydrogens is 230 g/mol. The first-order chi connectivity index (χ1) is 7.42. The van der Waals surface area contributed by atoms with Crippen LogP contribution in [0.3, 0.4) is 0 Å². The van der Waals surface area contributed by atoms with Gasteiger partial charge in [-0.3, -0.25) is 10.1 Å². The minimum atomic E-state index is -0.754. The standard InChI is InChI=1S/C10H16ClN3O2/c1-4-14(6-7(2)5-12)10(16)13-9(15)8(3)11/h7-8H,4,6H2,1-3H3,(H,13,15,16). The Balaban J connectivity index is 4.33. The summed E-state index contributed by atoms with van der Waals surface area (Å²) in [4.78, 5) is 24.1. The summed E-state index contributed by atoms with van der Waals surface area (Å²) >= 11 is 5.52. The van der Waals surface area contributed by atoms with Gasteiger partial charge in [0.25, 0.3) is 0 Å². The molecule has 0 heterocycles. The number of hydrogen-bond donors (Lipinski definition) is 1. The topological polar surface area (TPSA) is 73.2 Å². The molecule has 0 bridgehead atoms. The van der Waals surface area contributed by atoms with Gasteiger partial charge in [0.1, 0.15) is 5.38 Å². The van der Waals surface area contributed by atoms with Crippen molar-refractivity contribution in [2.45, 2.75) is 26.1 Å².